The lowest BCUT2D eigenvalue weighted by atomic mass is 9.77. The van der Waals surface area contributed by atoms with Gasteiger partial charge in [-0.2, -0.15) is 5.01 Å². The van der Waals surface area contributed by atoms with Crippen LogP contribution in [0.3, 0.4) is 0 Å². The number of benzene rings is 1. The van der Waals surface area contributed by atoms with Gasteiger partial charge in [0.1, 0.15) is 5.54 Å². The van der Waals surface area contributed by atoms with Crippen molar-refractivity contribution in [3.05, 3.63) is 29.8 Å². The molecule has 1 spiro atoms. The third-order valence-corrected chi connectivity index (χ3v) is 6.03. The van der Waals surface area contributed by atoms with E-state index in [4.69, 9.17) is 0 Å². The number of amides is 5. The van der Waals surface area contributed by atoms with E-state index in [9.17, 15) is 19.2 Å². The zero-order valence-corrected chi connectivity index (χ0v) is 18.4. The largest absolute Gasteiger partial charge is 0.344 e. The average molecular weight is 430 g/mol. The molecule has 9 heteroatoms. The van der Waals surface area contributed by atoms with Gasteiger partial charge < -0.3 is 10.6 Å². The molecule has 1 aliphatic carbocycles. The van der Waals surface area contributed by atoms with Crippen molar-refractivity contribution in [1.29, 1.82) is 0 Å². The highest BCUT2D eigenvalue weighted by Gasteiger charge is 2.52. The number of carbonyl (C=O) groups is 4. The van der Waals surface area contributed by atoms with Crippen LogP contribution >= 0.6 is 0 Å². The lowest BCUT2D eigenvalue weighted by molar-refractivity contribution is -0.140. The maximum Gasteiger partial charge on any atom is 0.344 e. The molecule has 0 unspecified atom stereocenters. The Morgan fingerprint density at radius 3 is 2.48 bits per heavy atom. The van der Waals surface area contributed by atoms with E-state index < -0.39 is 23.4 Å². The quantitative estimate of drug-likeness (QED) is 0.571. The van der Waals surface area contributed by atoms with E-state index in [0.717, 1.165) is 35.5 Å². The molecule has 9 nitrogen and oxygen atoms in total. The molecule has 5 amide bonds. The van der Waals surface area contributed by atoms with Gasteiger partial charge in [-0.15, -0.1) is 0 Å². The van der Waals surface area contributed by atoms with E-state index in [1.54, 1.807) is 7.05 Å². The number of para-hydroxylation sites is 1. The van der Waals surface area contributed by atoms with Crippen LogP contribution in [-0.4, -0.2) is 59.3 Å². The molecule has 3 N–H and O–H groups in total. The van der Waals surface area contributed by atoms with Crippen LogP contribution in [0.25, 0.3) is 0 Å². The van der Waals surface area contributed by atoms with Crippen LogP contribution in [0.4, 0.5) is 10.5 Å². The Kier molecular flexibility index (Phi) is 6.94. The molecular formula is C22H31N5O4. The molecule has 2 fully saturated rings. The molecule has 1 saturated heterocycles. The van der Waals surface area contributed by atoms with Gasteiger partial charge in [0.15, 0.2) is 0 Å². The molecule has 1 aromatic rings. The lowest BCUT2D eigenvalue weighted by Gasteiger charge is -2.33. The normalized spacial score (nSPS) is 23.2. The van der Waals surface area contributed by atoms with Gasteiger partial charge in [-0.1, -0.05) is 32.0 Å². The van der Waals surface area contributed by atoms with Gasteiger partial charge in [-0.3, -0.25) is 24.7 Å². The second-order valence-corrected chi connectivity index (χ2v) is 8.60. The first-order chi connectivity index (χ1) is 14.7. The number of aryl methyl sites for hydroxylation is 1. The fourth-order valence-electron chi connectivity index (χ4n) is 4.16. The predicted molar refractivity (Wildman–Crippen MR) is 116 cm³/mol. The van der Waals surface area contributed by atoms with E-state index in [-0.39, 0.29) is 19.0 Å². The first kappa shape index (κ1) is 22.7. The van der Waals surface area contributed by atoms with Crippen molar-refractivity contribution in [1.82, 2.24) is 20.7 Å². The number of nitrogens with zero attached hydrogens (tertiary/aromatic N) is 2. The molecule has 3 rings (SSSR count). The molecule has 0 radical (unpaired) electrons. The van der Waals surface area contributed by atoms with E-state index in [2.05, 4.69) is 23.0 Å². The SMILES string of the molecule is CCc1ccccc1NC(=O)CN(C)CC(=O)NN1C(=O)NC2(CCC(C)CC2)C1=O. The molecular weight excluding hydrogens is 398 g/mol. The molecule has 2 aliphatic rings. The Bertz CT molecular complexity index is 863. The summed E-state index contributed by atoms with van der Waals surface area (Å²) >= 11 is 0. The third kappa shape index (κ3) is 5.22. The Hall–Kier alpha value is -2.94. The van der Waals surface area contributed by atoms with Crippen molar-refractivity contribution in [3.63, 3.8) is 0 Å². The van der Waals surface area contributed by atoms with Crippen molar-refractivity contribution < 1.29 is 19.2 Å². The van der Waals surface area contributed by atoms with Crippen molar-refractivity contribution in [3.8, 4) is 0 Å². The van der Waals surface area contributed by atoms with Crippen LogP contribution in [-0.2, 0) is 20.8 Å². The first-order valence-corrected chi connectivity index (χ1v) is 10.8. The van der Waals surface area contributed by atoms with Crippen LogP contribution < -0.4 is 16.1 Å². The lowest BCUT2D eigenvalue weighted by Crippen LogP contribution is -2.52. The highest BCUT2D eigenvalue weighted by Crippen LogP contribution is 2.35. The van der Waals surface area contributed by atoms with Crippen LogP contribution in [0, 0.1) is 5.92 Å². The number of rotatable bonds is 7. The molecule has 0 bridgehead atoms. The number of hydrogen-bond donors (Lipinski definition) is 3. The van der Waals surface area contributed by atoms with Crippen molar-refractivity contribution in [2.24, 2.45) is 5.92 Å². The fourth-order valence-corrected chi connectivity index (χ4v) is 4.16. The van der Waals surface area contributed by atoms with Crippen LogP contribution in [0.2, 0.25) is 0 Å². The number of hydrogen-bond acceptors (Lipinski definition) is 5. The monoisotopic (exact) mass is 429 g/mol. The Morgan fingerprint density at radius 1 is 1.16 bits per heavy atom. The zero-order chi connectivity index (χ0) is 22.6. The Morgan fingerprint density at radius 2 is 1.81 bits per heavy atom. The predicted octanol–water partition coefficient (Wildman–Crippen LogP) is 1.65. The number of anilines is 1. The Balaban J connectivity index is 1.50. The molecule has 1 aromatic carbocycles. The minimum absolute atomic E-state index is 0.00651. The van der Waals surface area contributed by atoms with Crippen molar-refractivity contribution in [2.75, 3.05) is 25.5 Å². The summed E-state index contributed by atoms with van der Waals surface area (Å²) in [6, 6.07) is 6.94. The summed E-state index contributed by atoms with van der Waals surface area (Å²) in [6.07, 6.45) is 3.65. The summed E-state index contributed by atoms with van der Waals surface area (Å²) < 4.78 is 0. The van der Waals surface area contributed by atoms with Gasteiger partial charge in [0.05, 0.1) is 13.1 Å². The van der Waals surface area contributed by atoms with Gasteiger partial charge >= 0.3 is 6.03 Å². The molecule has 31 heavy (non-hydrogen) atoms. The molecule has 0 atom stereocenters. The van der Waals surface area contributed by atoms with Gasteiger partial charge in [0, 0.05) is 5.69 Å². The van der Waals surface area contributed by atoms with E-state index in [1.807, 2.05) is 31.2 Å². The summed E-state index contributed by atoms with van der Waals surface area (Å²) in [4.78, 5) is 51.4. The summed E-state index contributed by atoms with van der Waals surface area (Å²) in [5.74, 6) is -0.673. The molecule has 0 aromatic heterocycles. The van der Waals surface area contributed by atoms with E-state index in [0.29, 0.717) is 18.8 Å². The van der Waals surface area contributed by atoms with E-state index in [1.165, 1.54) is 4.90 Å². The first-order valence-electron chi connectivity index (χ1n) is 10.8. The number of imide groups is 1. The second-order valence-electron chi connectivity index (χ2n) is 8.60. The highest BCUT2D eigenvalue weighted by atomic mass is 16.2. The van der Waals surface area contributed by atoms with Gasteiger partial charge in [-0.05, 0) is 56.7 Å². The van der Waals surface area contributed by atoms with Crippen LogP contribution in [0.1, 0.15) is 45.1 Å². The third-order valence-electron chi connectivity index (χ3n) is 6.03. The topological polar surface area (TPSA) is 111 Å². The number of nitrogens with one attached hydrogen (secondary N) is 3. The summed E-state index contributed by atoms with van der Waals surface area (Å²) in [7, 11) is 1.63. The molecule has 168 valence electrons. The summed E-state index contributed by atoms with van der Waals surface area (Å²) in [5.41, 5.74) is 3.26. The number of hydrazine groups is 1. The van der Waals surface area contributed by atoms with Gasteiger partial charge in [0.25, 0.3) is 11.8 Å². The van der Waals surface area contributed by atoms with Gasteiger partial charge in [0.2, 0.25) is 5.91 Å². The average Bonchev–Trinajstić information content (AvgIpc) is 2.94. The number of urea groups is 1. The minimum Gasteiger partial charge on any atom is -0.325 e. The molecule has 1 aliphatic heterocycles. The standard InChI is InChI=1S/C22H31N5O4/c1-4-16-7-5-6-8-17(16)23-18(28)13-26(3)14-19(29)25-27-20(30)22(24-21(27)31)11-9-15(2)10-12-22/h5-8,15H,4,9-14H2,1-3H3,(H,23,28)(H,24,31)(H,25,29). The highest BCUT2D eigenvalue weighted by molar-refractivity contribution is 6.08. The van der Waals surface area contributed by atoms with Crippen molar-refractivity contribution in [2.45, 2.75) is 51.5 Å². The summed E-state index contributed by atoms with van der Waals surface area (Å²) in [6.45, 7) is 3.99. The summed E-state index contributed by atoms with van der Waals surface area (Å²) in [5, 5.41) is 6.40. The molecule has 1 saturated carbocycles. The number of carbonyl (C=O) groups excluding carboxylic acids is 4. The van der Waals surface area contributed by atoms with Crippen LogP contribution in [0.15, 0.2) is 24.3 Å². The minimum atomic E-state index is -0.907. The van der Waals surface area contributed by atoms with E-state index >= 15 is 0 Å². The van der Waals surface area contributed by atoms with Gasteiger partial charge in [-0.25, -0.2) is 4.79 Å². The molecule has 1 heterocycles. The zero-order valence-electron chi connectivity index (χ0n) is 18.4. The van der Waals surface area contributed by atoms with Crippen molar-refractivity contribution >= 4 is 29.4 Å². The smallest absolute Gasteiger partial charge is 0.325 e. The maximum atomic E-state index is 12.8. The number of likely N-dealkylation sites (N-methyl/N-ethyl adjacent to an activating group) is 1. The maximum absolute atomic E-state index is 12.8. The van der Waals surface area contributed by atoms with Crippen LogP contribution in [0.5, 0.6) is 0 Å². The fraction of sp³-hybridized carbons (Fsp3) is 0.545. The second kappa shape index (κ2) is 9.47. The Labute approximate surface area is 182 Å².